The van der Waals surface area contributed by atoms with Crippen LogP contribution in [0.4, 0.5) is 0 Å². The first kappa shape index (κ1) is 5.49. The second-order valence-corrected chi connectivity index (χ2v) is 5.62. The molecule has 0 N–H and O–H groups in total. The van der Waals surface area contributed by atoms with Crippen LogP contribution in [0.5, 0.6) is 0 Å². The molecule has 0 amide bonds. The molecule has 1 atom stereocenters. The third kappa shape index (κ3) is 0.533. The van der Waals surface area contributed by atoms with Crippen LogP contribution in [0, 0.1) is 0 Å². The van der Waals surface area contributed by atoms with Crippen molar-refractivity contribution in [3.63, 3.8) is 0 Å². The second-order valence-electron chi connectivity index (χ2n) is 2.51. The fourth-order valence-corrected chi connectivity index (χ4v) is 3.91. The smallest absolute Gasteiger partial charge is 0.161 e. The number of hydrogen-bond acceptors (Lipinski definition) is 1. The standard InChI is InChI=1S/C7H10OP/c1-3-9-5-4-6(2)7(9)8-9/h4-5H,3H2,1-2H3. The Morgan fingerprint density at radius 1 is 1.67 bits per heavy atom. The number of hydrogen-bond donors (Lipinski definition) is 0. The Kier molecular flexibility index (Phi) is 0.858. The van der Waals surface area contributed by atoms with E-state index >= 15 is 0 Å². The van der Waals surface area contributed by atoms with Gasteiger partial charge in [-0.1, -0.05) is 13.0 Å². The summed E-state index contributed by atoms with van der Waals surface area (Å²) < 4.78 is 5.51. The lowest BCUT2D eigenvalue weighted by Gasteiger charge is -1.95. The minimum absolute atomic E-state index is 0.991. The van der Waals surface area contributed by atoms with Gasteiger partial charge in [0.15, 0.2) is 5.50 Å². The SMILES string of the molecule is CC[P]12C=CC(C)=C1O2. The Labute approximate surface area is 55.8 Å². The van der Waals surface area contributed by atoms with E-state index in [2.05, 4.69) is 25.7 Å². The average Bonchev–Trinajstić information content (AvgIpc) is 2.53. The molecule has 0 aromatic heterocycles. The van der Waals surface area contributed by atoms with Gasteiger partial charge in [-0.3, -0.25) is 0 Å². The van der Waals surface area contributed by atoms with Crippen LogP contribution in [0.25, 0.3) is 0 Å². The van der Waals surface area contributed by atoms with Gasteiger partial charge in [0.25, 0.3) is 0 Å². The van der Waals surface area contributed by atoms with E-state index in [1.54, 1.807) is 0 Å². The monoisotopic (exact) mass is 141 g/mol. The summed E-state index contributed by atoms with van der Waals surface area (Å²) in [7, 11) is -0.991. The van der Waals surface area contributed by atoms with Gasteiger partial charge >= 0.3 is 0 Å². The predicted molar refractivity (Wildman–Crippen MR) is 40.4 cm³/mol. The van der Waals surface area contributed by atoms with Crippen molar-refractivity contribution < 1.29 is 4.52 Å². The van der Waals surface area contributed by atoms with E-state index in [4.69, 9.17) is 4.52 Å². The Hall–Kier alpha value is -0.290. The second kappa shape index (κ2) is 1.41. The van der Waals surface area contributed by atoms with Gasteiger partial charge in [0.05, 0.1) is 0 Å². The molecule has 1 radical (unpaired) electrons. The van der Waals surface area contributed by atoms with Crippen LogP contribution in [0.3, 0.4) is 0 Å². The van der Waals surface area contributed by atoms with E-state index in [1.165, 1.54) is 17.2 Å². The molecule has 2 heterocycles. The van der Waals surface area contributed by atoms with Crippen molar-refractivity contribution in [1.29, 1.82) is 0 Å². The van der Waals surface area contributed by atoms with Crippen LogP contribution in [0.2, 0.25) is 0 Å². The molecule has 0 spiro atoms. The van der Waals surface area contributed by atoms with Gasteiger partial charge < -0.3 is 4.52 Å². The highest BCUT2D eigenvalue weighted by Gasteiger charge is 2.50. The molecule has 0 saturated carbocycles. The van der Waals surface area contributed by atoms with E-state index < -0.39 is 7.49 Å². The molecule has 1 nitrogen and oxygen atoms in total. The third-order valence-electron chi connectivity index (χ3n) is 1.93. The van der Waals surface area contributed by atoms with Gasteiger partial charge in [-0.25, -0.2) is 0 Å². The lowest BCUT2D eigenvalue weighted by Crippen LogP contribution is -1.66. The van der Waals surface area contributed by atoms with Crippen molar-refractivity contribution in [2.45, 2.75) is 13.8 Å². The number of rotatable bonds is 1. The largest absolute Gasteiger partial charge is 0.466 e. The molecule has 1 unspecified atom stereocenters. The van der Waals surface area contributed by atoms with Crippen molar-refractivity contribution >= 4 is 7.49 Å². The van der Waals surface area contributed by atoms with E-state index in [0.29, 0.717) is 0 Å². The number of allylic oxidation sites excluding steroid dienone is 2. The average molecular weight is 141 g/mol. The zero-order chi connectivity index (χ0) is 6.48. The summed E-state index contributed by atoms with van der Waals surface area (Å²) in [5.74, 6) is 2.26. The van der Waals surface area contributed by atoms with Crippen LogP contribution in [-0.2, 0) is 4.52 Å². The highest BCUT2D eigenvalue weighted by molar-refractivity contribution is 7.84. The molecule has 2 rings (SSSR count). The van der Waals surface area contributed by atoms with Crippen molar-refractivity contribution in [3.8, 4) is 0 Å². The molecule has 0 bridgehead atoms. The Balaban J connectivity index is 2.37. The summed E-state index contributed by atoms with van der Waals surface area (Å²) in [5.41, 5.74) is 2.66. The topological polar surface area (TPSA) is 12.5 Å². The van der Waals surface area contributed by atoms with Gasteiger partial charge in [-0.05, 0) is 18.3 Å². The first-order valence-electron chi connectivity index (χ1n) is 3.26. The van der Waals surface area contributed by atoms with Crippen molar-refractivity contribution in [2.24, 2.45) is 0 Å². The van der Waals surface area contributed by atoms with Crippen molar-refractivity contribution in [3.05, 3.63) is 23.0 Å². The fraction of sp³-hybridized carbons (Fsp3) is 0.429. The Morgan fingerprint density at radius 3 is 2.67 bits per heavy atom. The normalized spacial score (nSPS) is 36.7. The predicted octanol–water partition coefficient (Wildman–Crippen LogP) is 2.73. The zero-order valence-corrected chi connectivity index (χ0v) is 6.61. The fourth-order valence-electron chi connectivity index (χ4n) is 1.22. The summed E-state index contributed by atoms with van der Waals surface area (Å²) in [6.07, 6.45) is 3.38. The molecular weight excluding hydrogens is 131 g/mol. The minimum Gasteiger partial charge on any atom is -0.466 e. The summed E-state index contributed by atoms with van der Waals surface area (Å²) >= 11 is 0. The van der Waals surface area contributed by atoms with Gasteiger partial charge in [0, 0.05) is 6.16 Å². The maximum Gasteiger partial charge on any atom is 0.161 e. The quantitative estimate of drug-likeness (QED) is 0.404. The molecule has 2 aliphatic rings. The van der Waals surface area contributed by atoms with Crippen LogP contribution < -0.4 is 0 Å². The first-order valence-corrected chi connectivity index (χ1v) is 5.23. The van der Waals surface area contributed by atoms with Crippen molar-refractivity contribution in [1.82, 2.24) is 0 Å². The minimum atomic E-state index is -0.991. The summed E-state index contributed by atoms with van der Waals surface area (Å²) in [5, 5.41) is 0. The van der Waals surface area contributed by atoms with Crippen LogP contribution in [0.1, 0.15) is 13.8 Å². The van der Waals surface area contributed by atoms with Crippen LogP contribution in [0.15, 0.2) is 23.0 Å². The third-order valence-corrected chi connectivity index (χ3v) is 4.98. The molecule has 2 aliphatic heterocycles. The maximum absolute atomic E-state index is 5.51. The van der Waals surface area contributed by atoms with Crippen LogP contribution in [-0.4, -0.2) is 6.16 Å². The molecular formula is C7H10OP. The Bertz CT molecular complexity index is 217. The molecule has 0 aromatic rings. The molecule has 0 aliphatic carbocycles. The molecule has 9 heavy (non-hydrogen) atoms. The highest BCUT2D eigenvalue weighted by Crippen LogP contribution is 2.87. The highest BCUT2D eigenvalue weighted by atomic mass is 31.2. The molecule has 49 valence electrons. The summed E-state index contributed by atoms with van der Waals surface area (Å²) in [4.78, 5) is 0. The van der Waals surface area contributed by atoms with Gasteiger partial charge in [0.2, 0.25) is 0 Å². The first-order chi connectivity index (χ1) is 4.28. The van der Waals surface area contributed by atoms with Gasteiger partial charge in [-0.15, -0.1) is 0 Å². The molecule has 2 heteroatoms. The summed E-state index contributed by atoms with van der Waals surface area (Å²) in [6.45, 7) is 4.32. The van der Waals surface area contributed by atoms with Crippen molar-refractivity contribution in [2.75, 3.05) is 6.16 Å². The van der Waals surface area contributed by atoms with Crippen LogP contribution >= 0.6 is 7.49 Å². The maximum atomic E-state index is 5.51. The number of fused-ring (bicyclic) bond motifs is 1. The van der Waals surface area contributed by atoms with E-state index in [0.717, 1.165) is 0 Å². The van der Waals surface area contributed by atoms with E-state index in [9.17, 15) is 0 Å². The lowest BCUT2D eigenvalue weighted by atomic mass is 10.3. The lowest BCUT2D eigenvalue weighted by molar-refractivity contribution is 0.625. The van der Waals surface area contributed by atoms with E-state index in [1.807, 2.05) is 0 Å². The molecule has 0 aromatic carbocycles. The van der Waals surface area contributed by atoms with Gasteiger partial charge in [-0.2, -0.15) is 0 Å². The molecule has 1 saturated heterocycles. The zero-order valence-electron chi connectivity index (χ0n) is 5.72. The van der Waals surface area contributed by atoms with Gasteiger partial charge in [0.1, 0.15) is 7.49 Å². The Morgan fingerprint density at radius 2 is 2.44 bits per heavy atom. The van der Waals surface area contributed by atoms with E-state index in [-0.39, 0.29) is 0 Å². The summed E-state index contributed by atoms with van der Waals surface area (Å²) in [6, 6.07) is 0. The molecule has 1 fully saturated rings.